The Bertz CT molecular complexity index is 815. The van der Waals surface area contributed by atoms with Gasteiger partial charge in [-0.15, -0.1) is 0 Å². The molecule has 0 aliphatic carbocycles. The van der Waals surface area contributed by atoms with Crippen molar-refractivity contribution in [1.29, 1.82) is 0 Å². The van der Waals surface area contributed by atoms with Gasteiger partial charge >= 0.3 is 5.97 Å². The van der Waals surface area contributed by atoms with E-state index in [4.69, 9.17) is 14.2 Å². The number of aliphatic imine (C=N–C) groups is 1. The fraction of sp³-hybridized carbons (Fsp3) is 0.417. The van der Waals surface area contributed by atoms with E-state index in [0.717, 1.165) is 37.8 Å². The molecule has 0 N–H and O–H groups in total. The minimum absolute atomic E-state index is 0.376. The number of nitrogens with zero attached hydrogens (tertiary/aromatic N) is 1. The molecule has 0 unspecified atom stereocenters. The molecule has 0 saturated heterocycles. The summed E-state index contributed by atoms with van der Waals surface area (Å²) < 4.78 is 17.2. The standard InChI is InChI=1S/C24H31NO4/c1-5-7-14-25-17-19-16-21(27-4)18(3)22(23(19)28-15-8-6-2)24(26)29-20-12-10-9-11-13-20/h9-13,16-17H,5-8,14-15H2,1-4H3/b25-17+. The number of rotatable bonds is 11. The summed E-state index contributed by atoms with van der Waals surface area (Å²) in [5.41, 5.74) is 1.78. The van der Waals surface area contributed by atoms with Crippen LogP contribution in [-0.2, 0) is 0 Å². The van der Waals surface area contributed by atoms with Crippen LogP contribution in [0, 0.1) is 6.92 Å². The van der Waals surface area contributed by atoms with E-state index in [2.05, 4.69) is 18.8 Å². The molecule has 0 aliphatic heterocycles. The molecule has 0 spiro atoms. The lowest BCUT2D eigenvalue weighted by molar-refractivity contribution is 0.0728. The van der Waals surface area contributed by atoms with Gasteiger partial charge in [0.05, 0.1) is 13.7 Å². The summed E-state index contributed by atoms with van der Waals surface area (Å²) >= 11 is 0. The molecule has 0 bridgehead atoms. The Morgan fingerprint density at radius 3 is 2.48 bits per heavy atom. The average Bonchev–Trinajstić information content (AvgIpc) is 2.73. The van der Waals surface area contributed by atoms with Crippen molar-refractivity contribution in [2.75, 3.05) is 20.3 Å². The Morgan fingerprint density at radius 1 is 1.10 bits per heavy atom. The number of benzene rings is 2. The summed E-state index contributed by atoms with van der Waals surface area (Å²) in [5.74, 6) is 1.11. The molecule has 2 aromatic rings. The largest absolute Gasteiger partial charge is 0.496 e. The minimum Gasteiger partial charge on any atom is -0.496 e. The van der Waals surface area contributed by atoms with E-state index < -0.39 is 5.97 Å². The number of carbonyl (C=O) groups excluding carboxylic acids is 1. The van der Waals surface area contributed by atoms with E-state index in [1.54, 1.807) is 25.5 Å². The van der Waals surface area contributed by atoms with Gasteiger partial charge in [0.15, 0.2) is 0 Å². The zero-order valence-electron chi connectivity index (χ0n) is 17.9. The molecule has 0 amide bonds. The molecule has 0 saturated carbocycles. The predicted molar refractivity (Wildman–Crippen MR) is 117 cm³/mol. The quantitative estimate of drug-likeness (QED) is 0.214. The highest BCUT2D eigenvalue weighted by Crippen LogP contribution is 2.34. The van der Waals surface area contributed by atoms with Crippen molar-refractivity contribution in [2.45, 2.75) is 46.5 Å². The lowest BCUT2D eigenvalue weighted by Gasteiger charge is -2.18. The monoisotopic (exact) mass is 397 g/mol. The Morgan fingerprint density at radius 2 is 1.83 bits per heavy atom. The first-order valence-corrected chi connectivity index (χ1v) is 10.2. The maximum absolute atomic E-state index is 13.1. The molecule has 0 aliphatic rings. The van der Waals surface area contributed by atoms with E-state index in [-0.39, 0.29) is 0 Å². The van der Waals surface area contributed by atoms with E-state index in [9.17, 15) is 4.79 Å². The molecular weight excluding hydrogens is 366 g/mol. The minimum atomic E-state index is -0.470. The number of unbranched alkanes of at least 4 members (excludes halogenated alkanes) is 2. The molecule has 5 heteroatoms. The first kappa shape index (κ1) is 22.5. The van der Waals surface area contributed by atoms with Gasteiger partial charge in [-0.1, -0.05) is 44.9 Å². The fourth-order valence-corrected chi connectivity index (χ4v) is 2.84. The Balaban J connectivity index is 2.48. The summed E-state index contributed by atoms with van der Waals surface area (Å²) in [6.07, 6.45) is 5.74. The van der Waals surface area contributed by atoms with Crippen molar-refractivity contribution in [3.8, 4) is 17.2 Å². The van der Waals surface area contributed by atoms with Gasteiger partial charge in [0.25, 0.3) is 0 Å². The van der Waals surface area contributed by atoms with Gasteiger partial charge in [-0.2, -0.15) is 0 Å². The molecule has 2 rings (SSSR count). The summed E-state index contributed by atoms with van der Waals surface area (Å²) in [4.78, 5) is 17.6. The van der Waals surface area contributed by atoms with Crippen molar-refractivity contribution >= 4 is 12.2 Å². The summed E-state index contributed by atoms with van der Waals surface area (Å²) in [7, 11) is 1.59. The van der Waals surface area contributed by atoms with Crippen LogP contribution in [0.15, 0.2) is 41.4 Å². The van der Waals surface area contributed by atoms with Gasteiger partial charge in [-0.05, 0) is 38.0 Å². The van der Waals surface area contributed by atoms with Crippen molar-refractivity contribution in [3.63, 3.8) is 0 Å². The third-order valence-electron chi connectivity index (χ3n) is 4.51. The van der Waals surface area contributed by atoms with E-state index in [1.165, 1.54) is 0 Å². The first-order chi connectivity index (χ1) is 14.1. The van der Waals surface area contributed by atoms with Crippen LogP contribution in [0.1, 0.15) is 61.0 Å². The van der Waals surface area contributed by atoms with Crippen molar-refractivity contribution in [2.24, 2.45) is 4.99 Å². The number of ether oxygens (including phenoxy) is 3. The second-order valence-electron chi connectivity index (χ2n) is 6.79. The predicted octanol–water partition coefficient (Wildman–Crippen LogP) is 5.62. The highest BCUT2D eigenvalue weighted by molar-refractivity contribution is 6.00. The van der Waals surface area contributed by atoms with Gasteiger partial charge in [-0.3, -0.25) is 4.99 Å². The van der Waals surface area contributed by atoms with Gasteiger partial charge in [0, 0.05) is 23.9 Å². The van der Waals surface area contributed by atoms with Crippen molar-refractivity contribution < 1.29 is 19.0 Å². The highest BCUT2D eigenvalue weighted by Gasteiger charge is 2.24. The van der Waals surface area contributed by atoms with Crippen molar-refractivity contribution in [1.82, 2.24) is 0 Å². The maximum Gasteiger partial charge on any atom is 0.347 e. The van der Waals surface area contributed by atoms with Crippen LogP contribution < -0.4 is 14.2 Å². The normalized spacial score (nSPS) is 10.9. The summed E-state index contributed by atoms with van der Waals surface area (Å²) in [5, 5.41) is 0. The van der Waals surface area contributed by atoms with Gasteiger partial charge in [0.1, 0.15) is 22.8 Å². The van der Waals surface area contributed by atoms with Gasteiger partial charge in [-0.25, -0.2) is 4.79 Å². The number of hydrogen-bond donors (Lipinski definition) is 0. The van der Waals surface area contributed by atoms with Gasteiger partial charge < -0.3 is 14.2 Å². The lowest BCUT2D eigenvalue weighted by Crippen LogP contribution is -2.15. The van der Waals surface area contributed by atoms with Crippen LogP contribution in [0.2, 0.25) is 0 Å². The first-order valence-electron chi connectivity index (χ1n) is 10.2. The summed E-state index contributed by atoms with van der Waals surface area (Å²) in [6, 6.07) is 10.9. The molecular formula is C24H31NO4. The molecule has 0 radical (unpaired) electrons. The second-order valence-corrected chi connectivity index (χ2v) is 6.79. The number of methoxy groups -OCH3 is 1. The van der Waals surface area contributed by atoms with Crippen LogP contribution in [0.3, 0.4) is 0 Å². The molecule has 0 fully saturated rings. The summed E-state index contributed by atoms with van der Waals surface area (Å²) in [6.45, 7) is 7.31. The third-order valence-corrected chi connectivity index (χ3v) is 4.51. The molecule has 2 aromatic carbocycles. The van der Waals surface area contributed by atoms with E-state index >= 15 is 0 Å². The van der Waals surface area contributed by atoms with Gasteiger partial charge in [0.2, 0.25) is 0 Å². The Hall–Kier alpha value is -2.82. The van der Waals surface area contributed by atoms with E-state index in [0.29, 0.717) is 35.0 Å². The smallest absolute Gasteiger partial charge is 0.347 e. The van der Waals surface area contributed by atoms with Crippen LogP contribution in [0.25, 0.3) is 0 Å². The Labute approximate surface area is 173 Å². The SMILES string of the molecule is CCCC/N=C/c1cc(OC)c(C)c(C(=O)Oc2ccccc2)c1OCCCC. The Kier molecular flexibility index (Phi) is 9.22. The van der Waals surface area contributed by atoms with Crippen LogP contribution in [0.4, 0.5) is 0 Å². The molecule has 156 valence electrons. The molecule has 0 atom stereocenters. The number of para-hydroxylation sites is 1. The lowest BCUT2D eigenvalue weighted by atomic mass is 10.0. The zero-order chi connectivity index (χ0) is 21.1. The van der Waals surface area contributed by atoms with Crippen LogP contribution >= 0.6 is 0 Å². The molecule has 5 nitrogen and oxygen atoms in total. The second kappa shape index (κ2) is 11.9. The molecule has 0 heterocycles. The number of carbonyl (C=O) groups is 1. The molecule has 29 heavy (non-hydrogen) atoms. The average molecular weight is 398 g/mol. The topological polar surface area (TPSA) is 57.1 Å². The van der Waals surface area contributed by atoms with Crippen LogP contribution in [-0.4, -0.2) is 32.4 Å². The maximum atomic E-state index is 13.1. The van der Waals surface area contributed by atoms with Crippen molar-refractivity contribution in [3.05, 3.63) is 53.1 Å². The zero-order valence-corrected chi connectivity index (χ0v) is 17.9. The third kappa shape index (κ3) is 6.34. The highest BCUT2D eigenvalue weighted by atomic mass is 16.5. The molecule has 0 aromatic heterocycles. The van der Waals surface area contributed by atoms with Crippen LogP contribution in [0.5, 0.6) is 17.2 Å². The fourth-order valence-electron chi connectivity index (χ4n) is 2.84. The number of hydrogen-bond acceptors (Lipinski definition) is 5. The van der Waals surface area contributed by atoms with E-state index in [1.807, 2.05) is 31.2 Å². The number of esters is 1.